The Hall–Kier alpha value is -7.93. The number of carbonyl (C=O) groups is 9. The highest BCUT2D eigenvalue weighted by molar-refractivity contribution is 5.99. The normalized spacial score (nSPS) is 24.5. The zero-order valence-corrected chi connectivity index (χ0v) is 56.4. The van der Waals surface area contributed by atoms with Gasteiger partial charge in [-0.15, -0.1) is 0 Å². The number of benzene rings is 4. The van der Waals surface area contributed by atoms with Crippen LogP contribution in [0.4, 0.5) is 0 Å². The number of nitrogens with one attached hydrogen (secondary N) is 3. The summed E-state index contributed by atoms with van der Waals surface area (Å²) in [4.78, 5) is 142. The summed E-state index contributed by atoms with van der Waals surface area (Å²) in [6.45, 7) is 20.7. The number of hydrogen-bond acceptors (Lipinski definition) is 11. The van der Waals surface area contributed by atoms with Crippen molar-refractivity contribution in [1.29, 1.82) is 0 Å². The quantitative estimate of drug-likeness (QED) is 0.0842. The van der Waals surface area contributed by atoms with E-state index in [4.69, 9.17) is 4.74 Å². The fourth-order valence-electron chi connectivity index (χ4n) is 12.7. The molecule has 19 nitrogen and oxygen atoms in total. The molecule has 0 saturated carbocycles. The van der Waals surface area contributed by atoms with Crippen molar-refractivity contribution in [3.05, 3.63) is 120 Å². The highest BCUT2D eigenvalue weighted by Gasteiger charge is 2.48. The van der Waals surface area contributed by atoms with E-state index in [0.29, 0.717) is 30.4 Å². The summed E-state index contributed by atoms with van der Waals surface area (Å²) < 4.78 is 6.14. The van der Waals surface area contributed by atoms with Crippen molar-refractivity contribution in [3.8, 4) is 22.3 Å². The van der Waals surface area contributed by atoms with Gasteiger partial charge in [-0.05, 0) is 96.6 Å². The lowest BCUT2D eigenvalue weighted by molar-refractivity contribution is -0.177. The Morgan fingerprint density at radius 2 is 0.978 bits per heavy atom. The molecule has 0 radical (unpaired) electrons. The molecule has 2 heterocycles. The lowest BCUT2D eigenvalue weighted by Gasteiger charge is -2.39. The molecule has 2 unspecified atom stereocenters. The summed E-state index contributed by atoms with van der Waals surface area (Å²) in [5.41, 5.74) is 3.43. The highest BCUT2D eigenvalue weighted by Crippen LogP contribution is 2.30. The maximum atomic E-state index is 15.7. The van der Waals surface area contributed by atoms with Gasteiger partial charge < -0.3 is 50.3 Å². The van der Waals surface area contributed by atoms with E-state index < -0.39 is 137 Å². The van der Waals surface area contributed by atoms with Crippen LogP contribution in [0.2, 0.25) is 0 Å². The summed E-state index contributed by atoms with van der Waals surface area (Å²) in [7, 11) is 5.70. The van der Waals surface area contributed by atoms with E-state index >= 15 is 28.8 Å². The average Bonchev–Trinajstić information content (AvgIpc) is 3.45. The van der Waals surface area contributed by atoms with Gasteiger partial charge in [0.2, 0.25) is 41.4 Å². The van der Waals surface area contributed by atoms with Gasteiger partial charge in [0.15, 0.2) is 12.1 Å². The number of carbonyl (C=O) groups excluding carboxylic acids is 9. The average molecular weight is 1250 g/mol. The van der Waals surface area contributed by atoms with E-state index in [1.807, 2.05) is 100 Å². The smallest absolute Gasteiger partial charge is 0.332 e. The predicted molar refractivity (Wildman–Crippen MR) is 352 cm³/mol. The highest BCUT2D eigenvalue weighted by atomic mass is 16.6. The van der Waals surface area contributed by atoms with Crippen molar-refractivity contribution in [1.82, 2.24) is 40.4 Å². The van der Waals surface area contributed by atoms with Gasteiger partial charge in [-0.2, -0.15) is 0 Å². The molecule has 2 fully saturated rings. The van der Waals surface area contributed by atoms with Crippen LogP contribution in [0.1, 0.15) is 126 Å². The summed E-state index contributed by atoms with van der Waals surface area (Å²) in [6, 6.07) is 24.8. The molecule has 494 valence electrons. The molecule has 6 rings (SSSR count). The zero-order chi connectivity index (χ0) is 67.3. The molecule has 0 aromatic heterocycles. The Bertz CT molecular complexity index is 3150. The molecule has 2 aliphatic rings. The number of cyclic esters (lactones) is 1. The number of esters is 1. The number of amides is 8. The Balaban J connectivity index is 1.50. The van der Waals surface area contributed by atoms with Crippen molar-refractivity contribution < 1.29 is 53.0 Å². The SMILES string of the molecule is CCC(C)[C@@H]1NC(=O)[C@@H]2CCCN2C(=O)[C@H](Cc2ccc(-c3ccc(-c4ccccc4)cc3)cc2)N(C)C(=O)[C@H](Cc2ccccc2)NC(=O)[C@H](C(C)C)N(C)C(=O)[C@@H](C(C)CC)OC(=O)[C@H](C(C)(C)O)N(C)C(=O)[C@H](CC(C)C)NC(=O)[C@H](C(C)C)N(C)C1=O. The standard InChI is InChI=1S/C72H100N8O11/c1-17-46(9)58-69(87)77(14)59(44(5)6)64(82)73-54(40-43(3)4)67(85)79(16)62(72(11,12)90)71(89)91-61(47(10)18-2)70(88)78(15)60(45(7)8)65(83)74-55(41-48-26-21-19-22-27-48)66(84)76(13)57(68(86)80-39-25-30-56(80)63(81)75-58)42-49-31-33-51(34-32-49)53-37-35-52(36-38-53)50-28-23-20-24-29-50/h19-24,26-29,31-38,43-47,54-62,90H,17-18,25,30,39-42H2,1-16H3,(H,73,82)(H,74,83)(H,75,81)/t46?,47?,54-,55-,56-,57-,58-,59-,60-,61+,62+/m0/s1. The number of hydrogen-bond donors (Lipinski definition) is 4. The third kappa shape index (κ3) is 17.8. The molecule has 2 saturated heterocycles. The monoisotopic (exact) mass is 1250 g/mol. The van der Waals surface area contributed by atoms with Crippen molar-refractivity contribution in [2.45, 2.75) is 188 Å². The Morgan fingerprint density at radius 1 is 0.516 bits per heavy atom. The van der Waals surface area contributed by atoms with Gasteiger partial charge in [0.25, 0.3) is 5.91 Å². The predicted octanol–water partition coefficient (Wildman–Crippen LogP) is 7.71. The Labute approximate surface area is 539 Å². The maximum absolute atomic E-state index is 15.7. The molecule has 11 atom stereocenters. The van der Waals surface area contributed by atoms with E-state index in [1.54, 1.807) is 53.7 Å². The minimum Gasteiger partial charge on any atom is -0.450 e. The summed E-state index contributed by atoms with van der Waals surface area (Å²) >= 11 is 0. The van der Waals surface area contributed by atoms with Crippen molar-refractivity contribution in [3.63, 3.8) is 0 Å². The molecule has 19 heteroatoms. The van der Waals surface area contributed by atoms with E-state index in [9.17, 15) is 19.5 Å². The third-order valence-corrected chi connectivity index (χ3v) is 18.2. The van der Waals surface area contributed by atoms with Gasteiger partial charge in [-0.25, -0.2) is 4.79 Å². The van der Waals surface area contributed by atoms with Crippen LogP contribution in [0.5, 0.6) is 0 Å². The second-order valence-corrected chi connectivity index (χ2v) is 26.8. The second-order valence-electron chi connectivity index (χ2n) is 26.8. The first-order valence-corrected chi connectivity index (χ1v) is 32.4. The maximum Gasteiger partial charge on any atom is 0.332 e. The first kappa shape index (κ1) is 72.1. The number of rotatable bonds is 15. The molecule has 4 aromatic carbocycles. The van der Waals surface area contributed by atoms with Crippen molar-refractivity contribution in [2.24, 2.45) is 29.6 Å². The fraction of sp³-hybridized carbons (Fsp3) is 0.542. The van der Waals surface area contributed by atoms with Gasteiger partial charge in [0.1, 0.15) is 42.3 Å². The molecule has 4 N–H and O–H groups in total. The van der Waals surface area contributed by atoms with Crippen LogP contribution < -0.4 is 16.0 Å². The van der Waals surface area contributed by atoms with E-state index in [0.717, 1.165) is 27.2 Å². The van der Waals surface area contributed by atoms with Gasteiger partial charge in [0.05, 0.1) is 5.60 Å². The molecule has 0 aliphatic carbocycles. The van der Waals surface area contributed by atoms with Gasteiger partial charge in [-0.1, -0.05) is 185 Å². The van der Waals surface area contributed by atoms with Crippen molar-refractivity contribution in [2.75, 3.05) is 34.7 Å². The van der Waals surface area contributed by atoms with Gasteiger partial charge in [-0.3, -0.25) is 38.4 Å². The van der Waals surface area contributed by atoms with E-state index in [-0.39, 0.29) is 38.1 Å². The van der Waals surface area contributed by atoms with Crippen LogP contribution in [-0.2, 0) is 60.7 Å². The van der Waals surface area contributed by atoms with E-state index in [2.05, 4.69) is 40.2 Å². The second kappa shape index (κ2) is 31.9. The lowest BCUT2D eigenvalue weighted by atomic mass is 9.93. The minimum atomic E-state index is -1.99. The topological polar surface area (TPSA) is 235 Å². The fourth-order valence-corrected chi connectivity index (χ4v) is 12.7. The first-order valence-electron chi connectivity index (χ1n) is 32.4. The van der Waals surface area contributed by atoms with Crippen LogP contribution in [-0.4, -0.2) is 178 Å². The first-order chi connectivity index (χ1) is 42.9. The Kier molecular flexibility index (Phi) is 25.3. The van der Waals surface area contributed by atoms with Crippen LogP contribution in [0.25, 0.3) is 22.3 Å². The van der Waals surface area contributed by atoms with Crippen molar-refractivity contribution >= 4 is 53.2 Å². The zero-order valence-electron chi connectivity index (χ0n) is 56.4. The Morgan fingerprint density at radius 3 is 1.47 bits per heavy atom. The van der Waals surface area contributed by atoms with Gasteiger partial charge >= 0.3 is 5.97 Å². The summed E-state index contributed by atoms with van der Waals surface area (Å²) in [5, 5.41) is 20.6. The van der Waals surface area contributed by atoms with Crippen LogP contribution in [0, 0.1) is 29.6 Å². The summed E-state index contributed by atoms with van der Waals surface area (Å²) in [5.74, 6) is -8.82. The molecule has 2 aliphatic heterocycles. The number of likely N-dealkylation sites (N-methyl/N-ethyl adjacent to an activating group) is 4. The largest absolute Gasteiger partial charge is 0.450 e. The molecular formula is C72H100N8O11. The molecule has 0 spiro atoms. The molecular weight excluding hydrogens is 1150 g/mol. The molecule has 4 aromatic rings. The molecule has 91 heavy (non-hydrogen) atoms. The van der Waals surface area contributed by atoms with Crippen LogP contribution >= 0.6 is 0 Å². The minimum absolute atomic E-state index is 0.00210. The molecule has 0 bridgehead atoms. The van der Waals surface area contributed by atoms with Crippen LogP contribution in [0.3, 0.4) is 0 Å². The summed E-state index contributed by atoms with van der Waals surface area (Å²) in [6.07, 6.45) is -0.0610. The number of fused-ring (bicyclic) bond motifs is 1. The lowest BCUT2D eigenvalue weighted by Crippen LogP contribution is -2.63. The molecule has 8 amide bonds. The number of aliphatic hydroxyl groups is 1. The van der Waals surface area contributed by atoms with Crippen LogP contribution in [0.15, 0.2) is 109 Å². The van der Waals surface area contributed by atoms with E-state index in [1.165, 1.54) is 61.6 Å². The number of nitrogens with zero attached hydrogens (tertiary/aromatic N) is 5. The van der Waals surface area contributed by atoms with Gasteiger partial charge in [0, 0.05) is 53.5 Å². The third-order valence-electron chi connectivity index (χ3n) is 18.2. The number of ether oxygens (including phenoxy) is 1.